The number of fused-ring (bicyclic) bond motifs is 2. The Labute approximate surface area is 188 Å². The molecule has 5 rings (SSSR count). The summed E-state index contributed by atoms with van der Waals surface area (Å²) in [4.78, 5) is 42.1. The average Bonchev–Trinajstić information content (AvgIpc) is 3.19. The Kier molecular flexibility index (Phi) is 5.45. The molecule has 2 atom stereocenters. The van der Waals surface area contributed by atoms with Crippen molar-refractivity contribution in [3.8, 4) is 11.1 Å². The number of carbonyl (C=O) groups excluding carboxylic acids is 3. The molecule has 2 saturated heterocycles. The molecule has 0 radical (unpaired) electrons. The molecule has 2 N–H and O–H groups in total. The molecule has 0 spiro atoms. The van der Waals surface area contributed by atoms with Crippen LogP contribution in [-0.2, 0) is 9.53 Å². The number of benzene rings is 2. The minimum atomic E-state index is -0.860. The SMILES string of the molecule is O=C1Nc2ccc(-c3ccc(F)cc3F)cc2C(=O)N2CC[C@H](NC(=O)N3CCOCC3)[C@@H]12. The van der Waals surface area contributed by atoms with Gasteiger partial charge in [-0.25, -0.2) is 13.6 Å². The summed E-state index contributed by atoms with van der Waals surface area (Å²) in [6.45, 7) is 2.13. The summed E-state index contributed by atoms with van der Waals surface area (Å²) in [6.07, 6.45) is 0.432. The summed E-state index contributed by atoms with van der Waals surface area (Å²) < 4.78 is 32.9. The van der Waals surface area contributed by atoms with Crippen LogP contribution in [0.3, 0.4) is 0 Å². The number of urea groups is 1. The van der Waals surface area contributed by atoms with Gasteiger partial charge in [-0.3, -0.25) is 9.59 Å². The number of ether oxygens (including phenoxy) is 1. The topological polar surface area (TPSA) is 91.0 Å². The van der Waals surface area contributed by atoms with Crippen LogP contribution in [-0.4, -0.2) is 72.6 Å². The lowest BCUT2D eigenvalue weighted by molar-refractivity contribution is -0.120. The number of nitrogens with one attached hydrogen (secondary N) is 2. The van der Waals surface area contributed by atoms with Gasteiger partial charge in [0.05, 0.1) is 30.5 Å². The zero-order chi connectivity index (χ0) is 23.1. The van der Waals surface area contributed by atoms with Gasteiger partial charge in [0.1, 0.15) is 17.7 Å². The molecule has 0 saturated carbocycles. The lowest BCUT2D eigenvalue weighted by Crippen LogP contribution is -2.55. The van der Waals surface area contributed by atoms with E-state index in [4.69, 9.17) is 4.74 Å². The fourth-order valence-electron chi connectivity index (χ4n) is 4.59. The Hall–Kier alpha value is -3.53. The molecule has 3 heterocycles. The van der Waals surface area contributed by atoms with Crippen molar-refractivity contribution in [2.75, 3.05) is 38.2 Å². The maximum absolute atomic E-state index is 14.3. The molecular formula is C23H22F2N4O4. The van der Waals surface area contributed by atoms with Crippen molar-refractivity contribution < 1.29 is 27.9 Å². The number of carbonyl (C=O) groups is 3. The fourth-order valence-corrected chi connectivity index (χ4v) is 4.59. The van der Waals surface area contributed by atoms with Gasteiger partial charge in [0, 0.05) is 31.3 Å². The minimum absolute atomic E-state index is 0.149. The Balaban J connectivity index is 1.41. The Morgan fingerprint density at radius 2 is 1.82 bits per heavy atom. The third-order valence-electron chi connectivity index (χ3n) is 6.28. The van der Waals surface area contributed by atoms with Crippen LogP contribution in [0.25, 0.3) is 11.1 Å². The van der Waals surface area contributed by atoms with Gasteiger partial charge in [-0.05, 0) is 36.2 Å². The maximum atomic E-state index is 14.3. The zero-order valence-corrected chi connectivity index (χ0v) is 17.6. The second-order valence-corrected chi connectivity index (χ2v) is 8.26. The van der Waals surface area contributed by atoms with Crippen molar-refractivity contribution in [1.29, 1.82) is 0 Å². The highest BCUT2D eigenvalue weighted by atomic mass is 19.1. The van der Waals surface area contributed by atoms with Crippen molar-refractivity contribution >= 4 is 23.5 Å². The highest BCUT2D eigenvalue weighted by Crippen LogP contribution is 2.33. The van der Waals surface area contributed by atoms with Gasteiger partial charge < -0.3 is 25.2 Å². The molecule has 2 aromatic carbocycles. The first kappa shape index (κ1) is 21.3. The van der Waals surface area contributed by atoms with Crippen molar-refractivity contribution in [2.45, 2.75) is 18.5 Å². The molecule has 33 heavy (non-hydrogen) atoms. The molecule has 10 heteroatoms. The van der Waals surface area contributed by atoms with Crippen molar-refractivity contribution in [2.24, 2.45) is 0 Å². The second-order valence-electron chi connectivity index (χ2n) is 8.26. The van der Waals surface area contributed by atoms with E-state index in [0.717, 1.165) is 12.1 Å². The standard InChI is InChI=1S/C23H22F2N4O4/c24-14-2-3-15(17(25)12-14)13-1-4-18-16(11-13)22(31)29-6-5-19(20(29)21(30)26-18)27-23(32)28-7-9-33-10-8-28/h1-4,11-12,19-20H,5-10H2,(H,26,30)(H,27,32)/t19-,20-/m0/s1. The highest BCUT2D eigenvalue weighted by Gasteiger charge is 2.45. The van der Waals surface area contributed by atoms with E-state index in [9.17, 15) is 23.2 Å². The summed E-state index contributed by atoms with van der Waals surface area (Å²) in [6, 6.07) is 6.14. The first-order valence-corrected chi connectivity index (χ1v) is 10.8. The second kappa shape index (κ2) is 8.43. The number of anilines is 1. The summed E-state index contributed by atoms with van der Waals surface area (Å²) in [5.74, 6) is -2.22. The third kappa shape index (κ3) is 3.91. The predicted octanol–water partition coefficient (Wildman–Crippen LogP) is 2.21. The first-order chi connectivity index (χ1) is 15.9. The lowest BCUT2D eigenvalue weighted by atomic mass is 10.0. The zero-order valence-electron chi connectivity index (χ0n) is 17.6. The average molecular weight is 456 g/mol. The van der Waals surface area contributed by atoms with Crippen LogP contribution in [0.5, 0.6) is 0 Å². The van der Waals surface area contributed by atoms with Crippen LogP contribution < -0.4 is 10.6 Å². The molecule has 172 valence electrons. The van der Waals surface area contributed by atoms with Crippen molar-refractivity contribution in [3.63, 3.8) is 0 Å². The van der Waals surface area contributed by atoms with Gasteiger partial charge >= 0.3 is 6.03 Å². The number of morpholine rings is 1. The molecule has 0 bridgehead atoms. The van der Waals surface area contributed by atoms with E-state index in [1.54, 1.807) is 11.0 Å². The summed E-state index contributed by atoms with van der Waals surface area (Å²) >= 11 is 0. The minimum Gasteiger partial charge on any atom is -0.378 e. The van der Waals surface area contributed by atoms with Crippen molar-refractivity contribution in [1.82, 2.24) is 15.1 Å². The molecular weight excluding hydrogens is 434 g/mol. The van der Waals surface area contributed by atoms with Crippen LogP contribution in [0.15, 0.2) is 36.4 Å². The van der Waals surface area contributed by atoms with Crippen LogP contribution in [0.1, 0.15) is 16.8 Å². The van der Waals surface area contributed by atoms with E-state index < -0.39 is 29.6 Å². The Morgan fingerprint density at radius 3 is 2.58 bits per heavy atom. The monoisotopic (exact) mass is 456 g/mol. The molecule has 2 fully saturated rings. The molecule has 3 aliphatic heterocycles. The molecule has 8 nitrogen and oxygen atoms in total. The smallest absolute Gasteiger partial charge is 0.317 e. The molecule has 0 aliphatic carbocycles. The molecule has 0 aromatic heterocycles. The molecule has 0 unspecified atom stereocenters. The van der Waals surface area contributed by atoms with E-state index >= 15 is 0 Å². The van der Waals surface area contributed by atoms with Gasteiger partial charge in [-0.1, -0.05) is 6.07 Å². The number of amides is 4. The Bertz CT molecular complexity index is 1140. The number of nitrogens with zero attached hydrogens (tertiary/aromatic N) is 2. The largest absolute Gasteiger partial charge is 0.378 e. The first-order valence-electron chi connectivity index (χ1n) is 10.8. The molecule has 2 aromatic rings. The van der Waals surface area contributed by atoms with Gasteiger partial charge in [0.15, 0.2) is 0 Å². The van der Waals surface area contributed by atoms with E-state index in [-0.39, 0.29) is 23.1 Å². The van der Waals surface area contributed by atoms with Crippen molar-refractivity contribution in [3.05, 3.63) is 53.6 Å². The highest BCUT2D eigenvalue weighted by molar-refractivity contribution is 6.11. The number of rotatable bonds is 2. The number of hydrogen-bond donors (Lipinski definition) is 2. The normalized spacial score (nSPS) is 22.4. The molecule has 4 amide bonds. The van der Waals surface area contributed by atoms with E-state index in [0.29, 0.717) is 50.5 Å². The molecule has 3 aliphatic rings. The maximum Gasteiger partial charge on any atom is 0.317 e. The van der Waals surface area contributed by atoms with Gasteiger partial charge in [0.25, 0.3) is 5.91 Å². The summed E-state index contributed by atoms with van der Waals surface area (Å²) in [5.41, 5.74) is 1.07. The predicted molar refractivity (Wildman–Crippen MR) is 115 cm³/mol. The fraction of sp³-hybridized carbons (Fsp3) is 0.348. The van der Waals surface area contributed by atoms with Crippen LogP contribution in [0.2, 0.25) is 0 Å². The van der Waals surface area contributed by atoms with Crippen LogP contribution >= 0.6 is 0 Å². The van der Waals surface area contributed by atoms with Gasteiger partial charge in [-0.15, -0.1) is 0 Å². The Morgan fingerprint density at radius 1 is 1.03 bits per heavy atom. The van der Waals surface area contributed by atoms with Crippen LogP contribution in [0, 0.1) is 11.6 Å². The van der Waals surface area contributed by atoms with Gasteiger partial charge in [0.2, 0.25) is 5.91 Å². The van der Waals surface area contributed by atoms with Crippen LogP contribution in [0.4, 0.5) is 19.3 Å². The summed E-state index contributed by atoms with van der Waals surface area (Å²) in [7, 11) is 0. The number of halogens is 2. The van der Waals surface area contributed by atoms with E-state index in [1.165, 1.54) is 23.1 Å². The summed E-state index contributed by atoms with van der Waals surface area (Å²) in [5, 5.41) is 5.66. The quantitative estimate of drug-likeness (QED) is 0.725. The van der Waals surface area contributed by atoms with E-state index in [1.807, 2.05) is 0 Å². The third-order valence-corrected chi connectivity index (χ3v) is 6.28. The van der Waals surface area contributed by atoms with Gasteiger partial charge in [-0.2, -0.15) is 0 Å². The van der Waals surface area contributed by atoms with E-state index in [2.05, 4.69) is 10.6 Å². The number of hydrogen-bond acceptors (Lipinski definition) is 4. The lowest BCUT2D eigenvalue weighted by Gasteiger charge is -2.30.